The lowest BCUT2D eigenvalue weighted by Crippen LogP contribution is -2.31. The summed E-state index contributed by atoms with van der Waals surface area (Å²) in [4.78, 5) is 0. The summed E-state index contributed by atoms with van der Waals surface area (Å²) in [5.41, 5.74) is 6.59. The summed E-state index contributed by atoms with van der Waals surface area (Å²) in [5.74, 6) is -1.04. The van der Waals surface area contributed by atoms with E-state index in [1.54, 1.807) is 11.8 Å². The molecule has 2 aliphatic rings. The second-order valence-corrected chi connectivity index (χ2v) is 6.12. The third-order valence-corrected chi connectivity index (χ3v) is 4.51. The molecule has 21 heavy (non-hydrogen) atoms. The van der Waals surface area contributed by atoms with Crippen molar-refractivity contribution in [2.75, 3.05) is 13.2 Å². The molecule has 1 radical (unpaired) electrons. The molecular weight excluding hydrogens is 296 g/mol. The Labute approximate surface area is 126 Å². The molecule has 7 heteroatoms. The van der Waals surface area contributed by atoms with E-state index >= 15 is 0 Å². The van der Waals surface area contributed by atoms with Gasteiger partial charge >= 0.3 is 0 Å². The molecule has 2 heterocycles. The molecule has 0 bridgehead atoms. The van der Waals surface area contributed by atoms with E-state index in [1.807, 2.05) is 12.4 Å². The molecule has 113 valence electrons. The maximum Gasteiger partial charge on any atom is 0.168 e. The normalized spacial score (nSPS) is 18.0. The molecule has 0 spiro atoms. The molecule has 0 aromatic heterocycles. The van der Waals surface area contributed by atoms with Crippen LogP contribution in [0.2, 0.25) is 0 Å². The fraction of sp³-hybridized carbons (Fsp3) is 0.357. The summed E-state index contributed by atoms with van der Waals surface area (Å²) in [6.07, 6.45) is 4.49. The van der Waals surface area contributed by atoms with Gasteiger partial charge in [-0.15, -0.1) is 11.8 Å². The minimum Gasteiger partial charge on any atom is -0.489 e. The van der Waals surface area contributed by atoms with Crippen LogP contribution in [0, 0.1) is 16.9 Å². The van der Waals surface area contributed by atoms with Crippen LogP contribution >= 0.6 is 11.8 Å². The highest BCUT2D eigenvalue weighted by Gasteiger charge is 2.30. The van der Waals surface area contributed by atoms with Gasteiger partial charge in [-0.25, -0.2) is 8.78 Å². The highest BCUT2D eigenvalue weighted by Crippen LogP contribution is 2.39. The Hall–Kier alpha value is -1.47. The average Bonchev–Trinajstić information content (AvgIpc) is 2.96. The van der Waals surface area contributed by atoms with E-state index in [-0.39, 0.29) is 11.2 Å². The Morgan fingerprint density at radius 2 is 2.05 bits per heavy atom. The van der Waals surface area contributed by atoms with E-state index in [1.165, 1.54) is 0 Å². The number of halogens is 2. The van der Waals surface area contributed by atoms with Crippen LogP contribution in [-0.2, 0) is 12.8 Å². The van der Waals surface area contributed by atoms with Crippen molar-refractivity contribution in [3.63, 3.8) is 0 Å². The van der Waals surface area contributed by atoms with Gasteiger partial charge in [0.15, 0.2) is 11.6 Å². The molecule has 0 atom stereocenters. The summed E-state index contributed by atoms with van der Waals surface area (Å²) in [5, 5.41) is 7.25. The average molecular weight is 312 g/mol. The molecule has 4 N–H and O–H groups in total. The van der Waals surface area contributed by atoms with Gasteiger partial charge in [0, 0.05) is 24.0 Å². The third kappa shape index (κ3) is 2.94. The molecule has 1 aromatic carbocycles. The summed E-state index contributed by atoms with van der Waals surface area (Å²) in [6.45, 7) is 0.634. The zero-order valence-corrected chi connectivity index (χ0v) is 12.1. The van der Waals surface area contributed by atoms with Gasteiger partial charge in [-0.05, 0) is 24.9 Å². The van der Waals surface area contributed by atoms with E-state index in [4.69, 9.17) is 10.5 Å². The quantitative estimate of drug-likeness (QED) is 0.789. The Kier molecular flexibility index (Phi) is 4.21. The lowest BCUT2D eigenvalue weighted by atomic mass is 9.96. The number of benzene rings is 1. The second kappa shape index (κ2) is 6.11. The fourth-order valence-electron chi connectivity index (χ4n) is 2.48. The maximum atomic E-state index is 14.0. The van der Waals surface area contributed by atoms with E-state index in [0.29, 0.717) is 37.1 Å². The Bertz CT molecular complexity index is 560. The molecule has 2 aliphatic heterocycles. The summed E-state index contributed by atoms with van der Waals surface area (Å²) < 4.78 is 33.3. The first kappa shape index (κ1) is 14.5. The molecule has 0 amide bonds. The largest absolute Gasteiger partial charge is 0.489 e. The van der Waals surface area contributed by atoms with Crippen molar-refractivity contribution in [3.8, 4) is 5.75 Å². The third-order valence-electron chi connectivity index (χ3n) is 3.41. The Morgan fingerprint density at radius 3 is 2.76 bits per heavy atom. The topological polar surface area (TPSA) is 59.3 Å². The first-order valence-corrected chi connectivity index (χ1v) is 7.58. The summed E-state index contributed by atoms with van der Waals surface area (Å²) >= 11 is 1.56. The first-order valence-electron chi connectivity index (χ1n) is 6.70. The maximum absolute atomic E-state index is 14.0. The minimum atomic E-state index is -0.647. The van der Waals surface area contributed by atoms with Crippen molar-refractivity contribution in [3.05, 3.63) is 46.5 Å². The zero-order chi connectivity index (χ0) is 14.8. The SMILES string of the molecule is NCCc1c(F)cc(F)c2c1C[C](SC1NC=CN1)CO2. The number of hydrogen-bond donors (Lipinski definition) is 3. The van der Waals surface area contributed by atoms with E-state index < -0.39 is 11.6 Å². The molecule has 0 aliphatic carbocycles. The van der Waals surface area contributed by atoms with Crippen LogP contribution in [0.25, 0.3) is 0 Å². The second-order valence-electron chi connectivity index (χ2n) is 4.83. The van der Waals surface area contributed by atoms with Gasteiger partial charge in [0.2, 0.25) is 0 Å². The number of fused-ring (bicyclic) bond motifs is 1. The molecule has 3 rings (SSSR count). The van der Waals surface area contributed by atoms with Crippen molar-refractivity contribution in [2.45, 2.75) is 18.3 Å². The monoisotopic (exact) mass is 312 g/mol. The van der Waals surface area contributed by atoms with Crippen LogP contribution in [0.5, 0.6) is 5.75 Å². The molecule has 0 unspecified atom stereocenters. The lowest BCUT2D eigenvalue weighted by Gasteiger charge is -2.28. The number of nitrogens with one attached hydrogen (secondary N) is 2. The highest BCUT2D eigenvalue weighted by molar-refractivity contribution is 8.02. The van der Waals surface area contributed by atoms with Gasteiger partial charge in [0.05, 0.1) is 5.25 Å². The van der Waals surface area contributed by atoms with Crippen molar-refractivity contribution in [1.29, 1.82) is 0 Å². The highest BCUT2D eigenvalue weighted by atomic mass is 32.2. The lowest BCUT2D eigenvalue weighted by molar-refractivity contribution is 0.301. The number of thioether (sulfide) groups is 1. The Balaban J connectivity index is 1.82. The van der Waals surface area contributed by atoms with Crippen molar-refractivity contribution >= 4 is 11.8 Å². The summed E-state index contributed by atoms with van der Waals surface area (Å²) in [6, 6.07) is 0.881. The predicted molar refractivity (Wildman–Crippen MR) is 78.3 cm³/mol. The number of ether oxygens (including phenoxy) is 1. The number of nitrogens with two attached hydrogens (primary N) is 1. The number of hydrogen-bond acceptors (Lipinski definition) is 5. The van der Waals surface area contributed by atoms with Crippen LogP contribution in [0.4, 0.5) is 8.78 Å². The van der Waals surface area contributed by atoms with Gasteiger partial charge in [-0.1, -0.05) is 0 Å². The van der Waals surface area contributed by atoms with E-state index in [0.717, 1.165) is 11.3 Å². The smallest absolute Gasteiger partial charge is 0.168 e. The number of rotatable bonds is 4. The van der Waals surface area contributed by atoms with E-state index in [9.17, 15) is 8.78 Å². The fourth-order valence-corrected chi connectivity index (χ4v) is 3.46. The zero-order valence-electron chi connectivity index (χ0n) is 11.3. The minimum absolute atomic E-state index is 0.0292. The molecule has 1 aromatic rings. The standard InChI is InChI=1S/C14H16F2N3OS/c15-11-6-12(16)13-10(9(11)1-2-17)5-8(7-20-13)21-14-18-3-4-19-14/h3-4,6,14,18-19H,1-2,5,7,17H2. The molecular formula is C14H16F2N3OS. The van der Waals surface area contributed by atoms with E-state index in [2.05, 4.69) is 10.6 Å². The van der Waals surface area contributed by atoms with Gasteiger partial charge in [-0.3, -0.25) is 0 Å². The van der Waals surface area contributed by atoms with Crippen LogP contribution in [0.15, 0.2) is 18.5 Å². The van der Waals surface area contributed by atoms with Gasteiger partial charge < -0.3 is 21.1 Å². The van der Waals surface area contributed by atoms with Gasteiger partial charge in [0.25, 0.3) is 0 Å². The van der Waals surface area contributed by atoms with Crippen molar-refractivity contribution in [1.82, 2.24) is 10.6 Å². The van der Waals surface area contributed by atoms with Crippen LogP contribution in [-0.4, -0.2) is 18.6 Å². The van der Waals surface area contributed by atoms with Crippen LogP contribution < -0.4 is 21.1 Å². The first-order chi connectivity index (χ1) is 10.2. The molecule has 0 saturated carbocycles. The molecule has 4 nitrogen and oxygen atoms in total. The summed E-state index contributed by atoms with van der Waals surface area (Å²) in [7, 11) is 0. The van der Waals surface area contributed by atoms with Crippen LogP contribution in [0.3, 0.4) is 0 Å². The van der Waals surface area contributed by atoms with Crippen molar-refractivity contribution in [2.24, 2.45) is 5.73 Å². The van der Waals surface area contributed by atoms with Crippen molar-refractivity contribution < 1.29 is 13.5 Å². The predicted octanol–water partition coefficient (Wildman–Crippen LogP) is 1.61. The Morgan fingerprint density at radius 1 is 1.29 bits per heavy atom. The molecule has 0 fully saturated rings. The van der Waals surface area contributed by atoms with Crippen LogP contribution in [0.1, 0.15) is 11.1 Å². The van der Waals surface area contributed by atoms with Gasteiger partial charge in [0.1, 0.15) is 17.9 Å². The van der Waals surface area contributed by atoms with Gasteiger partial charge in [-0.2, -0.15) is 0 Å². The molecule has 0 saturated heterocycles.